The summed E-state index contributed by atoms with van der Waals surface area (Å²) in [6.07, 6.45) is 1.65. The largest absolute Gasteiger partial charge is 0.488 e. The molecule has 5 nitrogen and oxygen atoms in total. The molecule has 1 fully saturated rings. The first-order chi connectivity index (χ1) is 16.5. The van der Waals surface area contributed by atoms with E-state index in [4.69, 9.17) is 16.3 Å². The van der Waals surface area contributed by atoms with Crippen LogP contribution < -0.4 is 15.0 Å². The van der Waals surface area contributed by atoms with E-state index in [1.807, 2.05) is 36.4 Å². The van der Waals surface area contributed by atoms with Crippen molar-refractivity contribution in [1.29, 1.82) is 0 Å². The fourth-order valence-electron chi connectivity index (χ4n) is 3.85. The maximum absolute atomic E-state index is 12.9. The van der Waals surface area contributed by atoms with Gasteiger partial charge in [0.2, 0.25) is 0 Å². The molecule has 168 valence electrons. The molecule has 4 aromatic rings. The SMILES string of the molecule is O=C1N/C(=C/c2ccc(OCc3cccc4ccccc34)c(I)c2)C(=O)N1c1cccc(Cl)c1. The fraction of sp³-hybridized carbons (Fsp3) is 0.0370. The van der Waals surface area contributed by atoms with E-state index in [9.17, 15) is 9.59 Å². The van der Waals surface area contributed by atoms with E-state index < -0.39 is 11.9 Å². The van der Waals surface area contributed by atoms with E-state index in [1.54, 1.807) is 30.3 Å². The summed E-state index contributed by atoms with van der Waals surface area (Å²) < 4.78 is 6.99. The Bertz CT molecular complexity index is 1460. The summed E-state index contributed by atoms with van der Waals surface area (Å²) in [5.74, 6) is 0.316. The van der Waals surface area contributed by atoms with Gasteiger partial charge in [0.05, 0.1) is 9.26 Å². The van der Waals surface area contributed by atoms with Crippen LogP contribution >= 0.6 is 34.2 Å². The van der Waals surface area contributed by atoms with Crippen molar-refractivity contribution in [2.75, 3.05) is 4.90 Å². The summed E-state index contributed by atoms with van der Waals surface area (Å²) in [6, 6.07) is 26.1. The number of fused-ring (bicyclic) bond motifs is 1. The molecule has 34 heavy (non-hydrogen) atoms. The van der Waals surface area contributed by atoms with Crippen LogP contribution in [0.15, 0.2) is 90.6 Å². The van der Waals surface area contributed by atoms with E-state index in [1.165, 1.54) is 10.8 Å². The average Bonchev–Trinajstić information content (AvgIpc) is 3.11. The minimum absolute atomic E-state index is 0.199. The quantitative estimate of drug-likeness (QED) is 0.161. The highest BCUT2D eigenvalue weighted by Gasteiger charge is 2.34. The van der Waals surface area contributed by atoms with Gasteiger partial charge in [0.25, 0.3) is 5.91 Å². The molecule has 1 aliphatic heterocycles. The first kappa shape index (κ1) is 22.4. The van der Waals surface area contributed by atoms with Crippen LogP contribution in [-0.2, 0) is 11.4 Å². The van der Waals surface area contributed by atoms with E-state index in [0.29, 0.717) is 17.3 Å². The minimum atomic E-state index is -0.511. The molecule has 1 saturated heterocycles. The van der Waals surface area contributed by atoms with Gasteiger partial charge >= 0.3 is 6.03 Å². The number of ether oxygens (including phenoxy) is 1. The molecule has 0 atom stereocenters. The maximum Gasteiger partial charge on any atom is 0.333 e. The van der Waals surface area contributed by atoms with Gasteiger partial charge in [-0.05, 0) is 80.9 Å². The van der Waals surface area contributed by atoms with Crippen molar-refractivity contribution in [1.82, 2.24) is 5.32 Å². The summed E-state index contributed by atoms with van der Waals surface area (Å²) in [7, 11) is 0. The van der Waals surface area contributed by atoms with Gasteiger partial charge in [0.15, 0.2) is 0 Å². The van der Waals surface area contributed by atoms with Crippen LogP contribution in [0.1, 0.15) is 11.1 Å². The Morgan fingerprint density at radius 1 is 0.941 bits per heavy atom. The standard InChI is InChI=1S/C27H18ClIN2O3/c28-20-8-4-9-21(15-20)31-26(32)24(30-27(31)33)14-17-11-12-25(23(29)13-17)34-16-19-7-3-6-18-5-1-2-10-22(18)19/h1-15H,16H2,(H,30,33)/b24-14+. The summed E-state index contributed by atoms with van der Waals surface area (Å²) in [5.41, 5.74) is 2.51. The highest BCUT2D eigenvalue weighted by molar-refractivity contribution is 14.1. The van der Waals surface area contributed by atoms with E-state index in [0.717, 1.165) is 25.3 Å². The minimum Gasteiger partial charge on any atom is -0.488 e. The highest BCUT2D eigenvalue weighted by atomic mass is 127. The third kappa shape index (κ3) is 4.51. The molecular formula is C27H18ClIN2O3. The lowest BCUT2D eigenvalue weighted by molar-refractivity contribution is -0.113. The second kappa shape index (κ2) is 9.48. The van der Waals surface area contributed by atoms with Gasteiger partial charge in [-0.2, -0.15) is 0 Å². The lowest BCUT2D eigenvalue weighted by atomic mass is 10.1. The second-order valence-corrected chi connectivity index (χ2v) is 9.32. The van der Waals surface area contributed by atoms with Crippen LogP contribution in [0.5, 0.6) is 5.75 Å². The molecule has 0 aliphatic carbocycles. The predicted molar refractivity (Wildman–Crippen MR) is 143 cm³/mol. The van der Waals surface area contributed by atoms with E-state index in [2.05, 4.69) is 52.2 Å². The van der Waals surface area contributed by atoms with Crippen molar-refractivity contribution < 1.29 is 14.3 Å². The molecule has 7 heteroatoms. The van der Waals surface area contributed by atoms with Crippen molar-refractivity contribution in [3.05, 3.63) is 110 Å². The Balaban J connectivity index is 1.34. The second-order valence-electron chi connectivity index (χ2n) is 7.73. The van der Waals surface area contributed by atoms with Crippen molar-refractivity contribution in [3.8, 4) is 5.75 Å². The summed E-state index contributed by atoms with van der Waals surface area (Å²) >= 11 is 8.22. The molecule has 3 amide bonds. The lowest BCUT2D eigenvalue weighted by Crippen LogP contribution is -2.30. The van der Waals surface area contributed by atoms with Gasteiger partial charge < -0.3 is 10.1 Å². The molecule has 4 aromatic carbocycles. The van der Waals surface area contributed by atoms with Gasteiger partial charge in [-0.15, -0.1) is 0 Å². The number of halogens is 2. The number of benzene rings is 4. The summed E-state index contributed by atoms with van der Waals surface area (Å²) in [4.78, 5) is 26.3. The normalized spacial score (nSPS) is 14.6. The topological polar surface area (TPSA) is 58.6 Å². The molecule has 1 N–H and O–H groups in total. The Kier molecular flexibility index (Phi) is 6.26. The smallest absolute Gasteiger partial charge is 0.333 e. The van der Waals surface area contributed by atoms with Crippen LogP contribution in [-0.4, -0.2) is 11.9 Å². The zero-order chi connectivity index (χ0) is 23.7. The highest BCUT2D eigenvalue weighted by Crippen LogP contribution is 2.28. The number of anilines is 1. The van der Waals surface area contributed by atoms with E-state index >= 15 is 0 Å². The Morgan fingerprint density at radius 3 is 2.56 bits per heavy atom. The Hall–Kier alpha value is -3.36. The zero-order valence-electron chi connectivity index (χ0n) is 17.8. The number of amides is 3. The monoisotopic (exact) mass is 580 g/mol. The van der Waals surface area contributed by atoms with Crippen molar-refractivity contribution in [2.24, 2.45) is 0 Å². The molecule has 0 radical (unpaired) electrons. The average molecular weight is 581 g/mol. The van der Waals surface area contributed by atoms with Gasteiger partial charge in [-0.1, -0.05) is 66.2 Å². The maximum atomic E-state index is 12.9. The van der Waals surface area contributed by atoms with Crippen molar-refractivity contribution in [3.63, 3.8) is 0 Å². The molecule has 0 aromatic heterocycles. The number of nitrogens with one attached hydrogen (secondary N) is 1. The molecule has 0 bridgehead atoms. The molecule has 1 heterocycles. The number of imide groups is 1. The first-order valence-electron chi connectivity index (χ1n) is 10.5. The summed E-state index contributed by atoms with van der Waals surface area (Å²) in [5, 5.41) is 5.43. The summed E-state index contributed by atoms with van der Waals surface area (Å²) in [6.45, 7) is 0.445. The van der Waals surface area contributed by atoms with Crippen LogP contribution in [0.25, 0.3) is 16.8 Å². The number of hydrogen-bond donors (Lipinski definition) is 1. The third-order valence-corrected chi connectivity index (χ3v) is 6.55. The number of carbonyl (C=O) groups is 2. The van der Waals surface area contributed by atoms with Crippen LogP contribution in [0.4, 0.5) is 10.5 Å². The predicted octanol–water partition coefficient (Wildman–Crippen LogP) is 6.77. The molecule has 0 unspecified atom stereocenters. The van der Waals surface area contributed by atoms with E-state index in [-0.39, 0.29) is 5.70 Å². The van der Waals surface area contributed by atoms with Crippen LogP contribution in [0.3, 0.4) is 0 Å². The van der Waals surface area contributed by atoms with Crippen molar-refractivity contribution in [2.45, 2.75) is 6.61 Å². The van der Waals surface area contributed by atoms with Crippen molar-refractivity contribution >= 4 is 68.7 Å². The van der Waals surface area contributed by atoms with Gasteiger partial charge in [0, 0.05) is 5.02 Å². The number of rotatable bonds is 5. The Labute approximate surface area is 215 Å². The molecule has 1 aliphatic rings. The molecule has 5 rings (SSSR count). The number of urea groups is 1. The zero-order valence-corrected chi connectivity index (χ0v) is 20.7. The number of hydrogen-bond acceptors (Lipinski definition) is 3. The van der Waals surface area contributed by atoms with Gasteiger partial charge in [-0.25, -0.2) is 9.69 Å². The third-order valence-electron chi connectivity index (χ3n) is 5.47. The number of nitrogens with zero attached hydrogens (tertiary/aromatic N) is 1. The van der Waals surface area contributed by atoms with Gasteiger partial charge in [0.1, 0.15) is 18.1 Å². The van der Waals surface area contributed by atoms with Crippen LogP contribution in [0, 0.1) is 3.57 Å². The lowest BCUT2D eigenvalue weighted by Gasteiger charge is -2.12. The molecule has 0 spiro atoms. The molecular weight excluding hydrogens is 563 g/mol. The van der Waals surface area contributed by atoms with Gasteiger partial charge in [-0.3, -0.25) is 4.79 Å². The van der Waals surface area contributed by atoms with Crippen LogP contribution in [0.2, 0.25) is 5.02 Å². The first-order valence-corrected chi connectivity index (χ1v) is 12.0. The molecule has 0 saturated carbocycles. The Morgan fingerprint density at radius 2 is 1.74 bits per heavy atom. The fourth-order valence-corrected chi connectivity index (χ4v) is 4.73. The number of carbonyl (C=O) groups excluding carboxylic acids is 2.